The smallest absolute Gasteiger partial charge is 0.00816 e. The van der Waals surface area contributed by atoms with Crippen molar-refractivity contribution in [3.05, 3.63) is 0 Å². The van der Waals surface area contributed by atoms with Crippen LogP contribution in [0.25, 0.3) is 0 Å². The first-order chi connectivity index (χ1) is 9.34. The Hall–Kier alpha value is -0.0800. The maximum atomic E-state index is 3.62. The quantitative estimate of drug-likeness (QED) is 0.781. The third kappa shape index (κ3) is 6.13. The van der Waals surface area contributed by atoms with Crippen LogP contribution in [0.1, 0.15) is 73.6 Å². The molecule has 1 fully saturated rings. The first-order valence-corrected chi connectivity index (χ1v) is 8.82. The van der Waals surface area contributed by atoms with Crippen molar-refractivity contribution in [1.82, 2.24) is 10.2 Å². The van der Waals surface area contributed by atoms with Gasteiger partial charge in [-0.1, -0.05) is 27.7 Å². The second-order valence-electron chi connectivity index (χ2n) is 7.97. The molecule has 0 aromatic heterocycles. The van der Waals surface area contributed by atoms with E-state index in [4.69, 9.17) is 0 Å². The van der Waals surface area contributed by atoms with Crippen LogP contribution in [0.3, 0.4) is 0 Å². The molecule has 3 atom stereocenters. The van der Waals surface area contributed by atoms with Gasteiger partial charge in [0.05, 0.1) is 0 Å². The molecule has 3 unspecified atom stereocenters. The zero-order chi connectivity index (χ0) is 15.2. The largest absolute Gasteiger partial charge is 0.314 e. The third-order valence-electron chi connectivity index (χ3n) is 5.05. The van der Waals surface area contributed by atoms with Gasteiger partial charge in [0.25, 0.3) is 0 Å². The van der Waals surface area contributed by atoms with E-state index in [2.05, 4.69) is 51.8 Å². The summed E-state index contributed by atoms with van der Waals surface area (Å²) >= 11 is 0. The number of hydrogen-bond acceptors (Lipinski definition) is 2. The molecule has 1 saturated heterocycles. The van der Waals surface area contributed by atoms with Gasteiger partial charge in [-0.2, -0.15) is 0 Å². The molecule has 0 radical (unpaired) electrons. The lowest BCUT2D eigenvalue weighted by Gasteiger charge is -2.32. The van der Waals surface area contributed by atoms with Crippen LogP contribution in [0.5, 0.6) is 0 Å². The highest BCUT2D eigenvalue weighted by Gasteiger charge is 2.28. The molecular formula is C18H38N2. The number of nitrogens with one attached hydrogen (secondary N) is 1. The Bertz CT molecular complexity index is 257. The van der Waals surface area contributed by atoms with Crippen molar-refractivity contribution < 1.29 is 0 Å². The molecule has 2 nitrogen and oxygen atoms in total. The van der Waals surface area contributed by atoms with Crippen LogP contribution >= 0.6 is 0 Å². The van der Waals surface area contributed by atoms with Gasteiger partial charge in [0.2, 0.25) is 0 Å². The molecule has 1 heterocycles. The number of nitrogens with zero attached hydrogens (tertiary/aromatic N) is 1. The maximum absolute atomic E-state index is 3.62. The Morgan fingerprint density at radius 2 is 1.85 bits per heavy atom. The zero-order valence-electron chi connectivity index (χ0n) is 14.8. The van der Waals surface area contributed by atoms with Crippen molar-refractivity contribution in [3.63, 3.8) is 0 Å². The van der Waals surface area contributed by atoms with Crippen LogP contribution in [0.4, 0.5) is 0 Å². The van der Waals surface area contributed by atoms with Crippen molar-refractivity contribution in [3.8, 4) is 0 Å². The molecule has 1 aliphatic rings. The van der Waals surface area contributed by atoms with Crippen molar-refractivity contribution in [2.75, 3.05) is 19.6 Å². The van der Waals surface area contributed by atoms with Crippen molar-refractivity contribution in [2.24, 2.45) is 11.3 Å². The molecule has 1 N–H and O–H groups in total. The predicted octanol–water partition coefficient (Wildman–Crippen LogP) is 4.30. The van der Waals surface area contributed by atoms with Crippen LogP contribution < -0.4 is 5.32 Å². The minimum absolute atomic E-state index is 0.481. The summed E-state index contributed by atoms with van der Waals surface area (Å²) in [5.74, 6) is 0.898. The third-order valence-corrected chi connectivity index (χ3v) is 5.05. The maximum Gasteiger partial charge on any atom is 0.00816 e. The molecular weight excluding hydrogens is 244 g/mol. The summed E-state index contributed by atoms with van der Waals surface area (Å²) in [4.78, 5) is 2.73. The van der Waals surface area contributed by atoms with E-state index >= 15 is 0 Å². The Balaban J connectivity index is 2.40. The van der Waals surface area contributed by atoms with Gasteiger partial charge in [-0.3, -0.25) is 0 Å². The SMILES string of the molecule is CCCNC(C)CC(C)N1CCCC(C(C)(C)C)CC1. The summed E-state index contributed by atoms with van der Waals surface area (Å²) in [6, 6.07) is 1.36. The van der Waals surface area contributed by atoms with Gasteiger partial charge in [0, 0.05) is 12.1 Å². The summed E-state index contributed by atoms with van der Waals surface area (Å²) in [6.07, 6.45) is 6.68. The van der Waals surface area contributed by atoms with Crippen LogP contribution in [0, 0.1) is 11.3 Å². The Kier molecular flexibility index (Phi) is 7.53. The molecule has 0 bridgehead atoms. The summed E-state index contributed by atoms with van der Waals surface area (Å²) in [5.41, 5.74) is 0.481. The van der Waals surface area contributed by atoms with Crippen molar-refractivity contribution in [1.29, 1.82) is 0 Å². The second-order valence-corrected chi connectivity index (χ2v) is 7.97. The van der Waals surface area contributed by atoms with E-state index in [9.17, 15) is 0 Å². The van der Waals surface area contributed by atoms with E-state index in [0.29, 0.717) is 17.5 Å². The normalized spacial score (nSPS) is 25.2. The van der Waals surface area contributed by atoms with Gasteiger partial charge >= 0.3 is 0 Å². The molecule has 0 aliphatic carbocycles. The molecule has 20 heavy (non-hydrogen) atoms. The number of rotatable bonds is 6. The lowest BCUT2D eigenvalue weighted by atomic mass is 9.77. The molecule has 1 rings (SSSR count). The first-order valence-electron chi connectivity index (χ1n) is 8.82. The molecule has 0 aromatic rings. The van der Waals surface area contributed by atoms with Gasteiger partial charge in [-0.25, -0.2) is 0 Å². The van der Waals surface area contributed by atoms with Gasteiger partial charge in [0.15, 0.2) is 0 Å². The Morgan fingerprint density at radius 1 is 1.15 bits per heavy atom. The minimum atomic E-state index is 0.481. The molecule has 0 spiro atoms. The van der Waals surface area contributed by atoms with Crippen molar-refractivity contribution in [2.45, 2.75) is 85.7 Å². The fraction of sp³-hybridized carbons (Fsp3) is 1.00. The lowest BCUT2D eigenvalue weighted by Crippen LogP contribution is -2.39. The van der Waals surface area contributed by atoms with Crippen LogP contribution in [-0.4, -0.2) is 36.6 Å². The highest BCUT2D eigenvalue weighted by Crippen LogP contribution is 2.34. The molecule has 120 valence electrons. The van der Waals surface area contributed by atoms with Crippen LogP contribution in [0.15, 0.2) is 0 Å². The van der Waals surface area contributed by atoms with Gasteiger partial charge in [-0.05, 0) is 76.9 Å². The topological polar surface area (TPSA) is 15.3 Å². The van der Waals surface area contributed by atoms with Crippen LogP contribution in [0.2, 0.25) is 0 Å². The summed E-state index contributed by atoms with van der Waals surface area (Å²) in [7, 11) is 0. The van der Waals surface area contributed by atoms with E-state index in [1.165, 1.54) is 45.2 Å². The summed E-state index contributed by atoms with van der Waals surface area (Å²) in [5, 5.41) is 3.62. The molecule has 0 saturated carbocycles. The van der Waals surface area contributed by atoms with E-state index in [0.717, 1.165) is 12.5 Å². The van der Waals surface area contributed by atoms with Crippen molar-refractivity contribution >= 4 is 0 Å². The summed E-state index contributed by atoms with van der Waals surface area (Å²) < 4.78 is 0. The highest BCUT2D eigenvalue weighted by atomic mass is 15.2. The predicted molar refractivity (Wildman–Crippen MR) is 90.2 cm³/mol. The van der Waals surface area contributed by atoms with Gasteiger partial charge < -0.3 is 10.2 Å². The van der Waals surface area contributed by atoms with Gasteiger partial charge in [0.1, 0.15) is 0 Å². The Morgan fingerprint density at radius 3 is 2.45 bits per heavy atom. The second kappa shape index (κ2) is 8.38. The van der Waals surface area contributed by atoms with E-state index < -0.39 is 0 Å². The molecule has 1 aliphatic heterocycles. The average Bonchev–Trinajstić information content (AvgIpc) is 2.61. The number of likely N-dealkylation sites (tertiary alicyclic amines) is 1. The Labute approximate surface area is 127 Å². The molecule has 0 amide bonds. The standard InChI is InChI=1S/C18H38N2/c1-7-11-19-15(2)14-16(3)20-12-8-9-17(10-13-20)18(4,5)6/h15-17,19H,7-14H2,1-6H3. The molecule has 0 aromatic carbocycles. The highest BCUT2D eigenvalue weighted by molar-refractivity contribution is 4.81. The fourth-order valence-corrected chi connectivity index (χ4v) is 3.56. The minimum Gasteiger partial charge on any atom is -0.314 e. The summed E-state index contributed by atoms with van der Waals surface area (Å²) in [6.45, 7) is 18.0. The molecule has 2 heteroatoms. The van der Waals surface area contributed by atoms with E-state index in [1.807, 2.05) is 0 Å². The first kappa shape index (κ1) is 18.0. The van der Waals surface area contributed by atoms with Gasteiger partial charge in [-0.15, -0.1) is 0 Å². The van der Waals surface area contributed by atoms with Crippen LogP contribution in [-0.2, 0) is 0 Å². The van der Waals surface area contributed by atoms with E-state index in [-0.39, 0.29) is 0 Å². The average molecular weight is 283 g/mol. The number of hydrogen-bond donors (Lipinski definition) is 1. The monoisotopic (exact) mass is 282 g/mol. The lowest BCUT2D eigenvalue weighted by molar-refractivity contribution is 0.177. The fourth-order valence-electron chi connectivity index (χ4n) is 3.56. The zero-order valence-corrected chi connectivity index (χ0v) is 14.8. The van der Waals surface area contributed by atoms with E-state index in [1.54, 1.807) is 0 Å².